The van der Waals surface area contributed by atoms with E-state index in [0.717, 1.165) is 11.3 Å². The van der Waals surface area contributed by atoms with Crippen molar-refractivity contribution in [1.29, 1.82) is 0 Å². The van der Waals surface area contributed by atoms with Crippen molar-refractivity contribution >= 4 is 27.6 Å². The molecule has 0 saturated heterocycles. The summed E-state index contributed by atoms with van der Waals surface area (Å²) in [5.41, 5.74) is 0.739. The molecule has 2 N–H and O–H groups in total. The number of ether oxygens (including phenoxy) is 1. The van der Waals surface area contributed by atoms with Crippen LogP contribution in [0.5, 0.6) is 5.75 Å². The highest BCUT2D eigenvalue weighted by Crippen LogP contribution is 2.27. The molecule has 6 heteroatoms. The summed E-state index contributed by atoms with van der Waals surface area (Å²) in [7, 11) is 1.57. The molecule has 0 fully saturated rings. The number of aromatic carboxylic acids is 1. The molecule has 21 heavy (non-hydrogen) atoms. The molecule has 4 nitrogen and oxygen atoms in total. The second-order valence-electron chi connectivity index (χ2n) is 4.29. The van der Waals surface area contributed by atoms with Gasteiger partial charge < -0.3 is 15.2 Å². The number of hydrogen-bond donors (Lipinski definition) is 2. The fraction of sp³-hybridized carbons (Fsp3) is 0.133. The predicted molar refractivity (Wildman–Crippen MR) is 81.4 cm³/mol. The Labute approximate surface area is 129 Å². The van der Waals surface area contributed by atoms with E-state index in [0.29, 0.717) is 6.54 Å². The molecule has 0 spiro atoms. The minimum atomic E-state index is -1.18. The van der Waals surface area contributed by atoms with E-state index in [1.807, 2.05) is 12.1 Å². The van der Waals surface area contributed by atoms with Crippen LogP contribution in [0.25, 0.3) is 0 Å². The summed E-state index contributed by atoms with van der Waals surface area (Å²) in [6.07, 6.45) is 0. The van der Waals surface area contributed by atoms with Crippen LogP contribution in [0.3, 0.4) is 0 Å². The van der Waals surface area contributed by atoms with Gasteiger partial charge in [0.05, 0.1) is 22.8 Å². The van der Waals surface area contributed by atoms with Crippen molar-refractivity contribution in [3.8, 4) is 5.75 Å². The smallest absolute Gasteiger partial charge is 0.337 e. The lowest BCUT2D eigenvalue weighted by Gasteiger charge is -2.12. The maximum Gasteiger partial charge on any atom is 0.337 e. The molecule has 0 aliphatic carbocycles. The van der Waals surface area contributed by atoms with Gasteiger partial charge in [-0.25, -0.2) is 9.18 Å². The van der Waals surface area contributed by atoms with Gasteiger partial charge in [-0.2, -0.15) is 0 Å². The lowest BCUT2D eigenvalue weighted by molar-refractivity contribution is 0.0697. The van der Waals surface area contributed by atoms with Crippen molar-refractivity contribution < 1.29 is 19.0 Å². The Morgan fingerprint density at radius 1 is 1.29 bits per heavy atom. The highest BCUT2D eigenvalue weighted by Gasteiger charge is 2.16. The van der Waals surface area contributed by atoms with Gasteiger partial charge >= 0.3 is 5.97 Å². The molecule has 0 radical (unpaired) electrons. The van der Waals surface area contributed by atoms with Gasteiger partial charge in [-0.1, -0.05) is 12.1 Å². The van der Waals surface area contributed by atoms with E-state index in [1.54, 1.807) is 19.2 Å². The lowest BCUT2D eigenvalue weighted by atomic mass is 10.1. The third-order valence-corrected chi connectivity index (χ3v) is 3.57. The highest BCUT2D eigenvalue weighted by molar-refractivity contribution is 9.10. The first-order valence-corrected chi connectivity index (χ1v) is 6.90. The van der Waals surface area contributed by atoms with E-state index in [4.69, 9.17) is 9.84 Å². The van der Waals surface area contributed by atoms with Gasteiger partial charge in [-0.3, -0.25) is 0 Å². The van der Waals surface area contributed by atoms with Crippen LogP contribution in [-0.4, -0.2) is 18.2 Å². The van der Waals surface area contributed by atoms with E-state index >= 15 is 0 Å². The number of methoxy groups -OCH3 is 1. The molecule has 2 aromatic rings. The number of halogens is 2. The molecule has 0 unspecified atom stereocenters. The zero-order valence-electron chi connectivity index (χ0n) is 11.2. The lowest BCUT2D eigenvalue weighted by Crippen LogP contribution is -2.09. The minimum Gasteiger partial charge on any atom is -0.497 e. The van der Waals surface area contributed by atoms with Crippen LogP contribution >= 0.6 is 15.9 Å². The van der Waals surface area contributed by atoms with Crippen LogP contribution in [0.1, 0.15) is 15.9 Å². The fourth-order valence-electron chi connectivity index (χ4n) is 1.84. The van der Waals surface area contributed by atoms with Crippen molar-refractivity contribution in [2.75, 3.05) is 12.4 Å². The van der Waals surface area contributed by atoms with E-state index in [-0.39, 0.29) is 15.7 Å². The van der Waals surface area contributed by atoms with Crippen molar-refractivity contribution in [3.05, 3.63) is 57.8 Å². The summed E-state index contributed by atoms with van der Waals surface area (Å²) in [5, 5.41) is 11.9. The average Bonchev–Trinajstić information content (AvgIpc) is 2.49. The quantitative estimate of drug-likeness (QED) is 0.855. The molecule has 0 atom stereocenters. The van der Waals surface area contributed by atoms with Gasteiger partial charge in [0.25, 0.3) is 0 Å². The molecule has 110 valence electrons. The van der Waals surface area contributed by atoms with Gasteiger partial charge in [0.1, 0.15) is 5.75 Å². The Balaban J connectivity index is 2.22. The molecule has 0 bridgehead atoms. The normalized spacial score (nSPS) is 10.2. The Kier molecular flexibility index (Phi) is 4.80. The number of hydrogen-bond acceptors (Lipinski definition) is 3. The largest absolute Gasteiger partial charge is 0.497 e. The number of carboxylic acid groups (broad SMARTS) is 1. The number of carboxylic acids is 1. The maximum absolute atomic E-state index is 14.1. The SMILES string of the molecule is COc1ccc(CNc2c(C(=O)O)ccc(Br)c2F)cc1. The zero-order valence-corrected chi connectivity index (χ0v) is 12.8. The first kappa shape index (κ1) is 15.3. The molecular weight excluding hydrogens is 341 g/mol. The number of rotatable bonds is 5. The molecule has 0 saturated carbocycles. The van der Waals surface area contributed by atoms with E-state index in [2.05, 4.69) is 21.2 Å². The second-order valence-corrected chi connectivity index (χ2v) is 5.15. The highest BCUT2D eigenvalue weighted by atomic mass is 79.9. The monoisotopic (exact) mass is 353 g/mol. The van der Waals surface area contributed by atoms with Crippen molar-refractivity contribution in [3.63, 3.8) is 0 Å². The van der Waals surface area contributed by atoms with Crippen molar-refractivity contribution in [2.24, 2.45) is 0 Å². The van der Waals surface area contributed by atoms with Crippen molar-refractivity contribution in [1.82, 2.24) is 0 Å². The maximum atomic E-state index is 14.1. The van der Waals surface area contributed by atoms with Gasteiger partial charge in [-0.15, -0.1) is 0 Å². The predicted octanol–water partition coefficient (Wildman–Crippen LogP) is 3.91. The summed E-state index contributed by atoms with van der Waals surface area (Å²) in [6, 6.07) is 9.94. The Bertz CT molecular complexity index is 659. The summed E-state index contributed by atoms with van der Waals surface area (Å²) in [4.78, 5) is 11.1. The molecule has 0 heterocycles. The van der Waals surface area contributed by atoms with Gasteiger partial charge in [0.15, 0.2) is 5.82 Å². The van der Waals surface area contributed by atoms with Crippen LogP contribution in [-0.2, 0) is 6.54 Å². The van der Waals surface area contributed by atoms with E-state index in [9.17, 15) is 9.18 Å². The summed E-state index contributed by atoms with van der Waals surface area (Å²) in [5.74, 6) is -1.08. The van der Waals surface area contributed by atoms with Gasteiger partial charge in [0, 0.05) is 6.54 Å². The third-order valence-electron chi connectivity index (χ3n) is 2.95. The second kappa shape index (κ2) is 6.58. The minimum absolute atomic E-state index is 0.0345. The molecule has 0 aliphatic rings. The van der Waals surface area contributed by atoms with Gasteiger partial charge in [0.2, 0.25) is 0 Å². The number of nitrogens with one attached hydrogen (secondary N) is 1. The summed E-state index contributed by atoms with van der Waals surface area (Å²) >= 11 is 3.05. The molecular formula is C15H13BrFNO3. The standard InChI is InChI=1S/C15H13BrFNO3/c1-21-10-4-2-9(3-5-10)8-18-14-11(15(19)20)6-7-12(16)13(14)17/h2-7,18H,8H2,1H3,(H,19,20). The van der Waals surface area contributed by atoms with Crippen molar-refractivity contribution in [2.45, 2.75) is 6.54 Å². The topological polar surface area (TPSA) is 58.6 Å². The van der Waals surface area contributed by atoms with E-state index in [1.165, 1.54) is 12.1 Å². The molecule has 0 amide bonds. The number of anilines is 1. The number of carbonyl (C=O) groups is 1. The average molecular weight is 354 g/mol. The number of benzene rings is 2. The molecule has 0 aliphatic heterocycles. The molecule has 2 aromatic carbocycles. The zero-order chi connectivity index (χ0) is 15.4. The molecule has 2 rings (SSSR count). The Morgan fingerprint density at radius 3 is 2.52 bits per heavy atom. The molecule has 0 aromatic heterocycles. The third kappa shape index (κ3) is 3.52. The Hall–Kier alpha value is -2.08. The van der Waals surface area contributed by atoms with Gasteiger partial charge in [-0.05, 0) is 45.8 Å². The fourth-order valence-corrected chi connectivity index (χ4v) is 2.17. The van der Waals surface area contributed by atoms with E-state index < -0.39 is 11.8 Å². The van der Waals surface area contributed by atoms with Crippen LogP contribution in [0.15, 0.2) is 40.9 Å². The Morgan fingerprint density at radius 2 is 1.95 bits per heavy atom. The van der Waals surface area contributed by atoms with Crippen LogP contribution in [0.2, 0.25) is 0 Å². The summed E-state index contributed by atoms with van der Waals surface area (Å²) < 4.78 is 19.3. The van der Waals surface area contributed by atoms with Crippen LogP contribution in [0.4, 0.5) is 10.1 Å². The summed E-state index contributed by atoms with van der Waals surface area (Å²) in [6.45, 7) is 0.303. The van der Waals surface area contributed by atoms with Crippen LogP contribution < -0.4 is 10.1 Å². The van der Waals surface area contributed by atoms with Crippen LogP contribution in [0, 0.1) is 5.82 Å². The first-order valence-electron chi connectivity index (χ1n) is 6.11. The first-order chi connectivity index (χ1) is 10.0.